The molecule has 3 rings (SSSR count). The van der Waals surface area contributed by atoms with Crippen LogP contribution in [0.15, 0.2) is 34.7 Å². The van der Waals surface area contributed by atoms with Crippen molar-refractivity contribution in [2.45, 2.75) is 71.5 Å². The largest absolute Gasteiger partial charge is 0.472 e. The maximum Gasteiger partial charge on any atom is 0.0934 e. The van der Waals surface area contributed by atoms with Crippen LogP contribution in [-0.2, 0) is 6.42 Å². The van der Waals surface area contributed by atoms with Gasteiger partial charge in [-0.25, -0.2) is 0 Å². The van der Waals surface area contributed by atoms with E-state index >= 15 is 0 Å². The van der Waals surface area contributed by atoms with E-state index in [0.717, 1.165) is 36.8 Å². The molecule has 3 nitrogen and oxygen atoms in total. The average Bonchev–Trinajstić information content (AvgIpc) is 2.95. The molecule has 1 aromatic rings. The molecule has 128 valence electrons. The fraction of sp³-hybridized carbons (Fsp3) is 0.700. The Kier molecular flexibility index (Phi) is 4.01. The van der Waals surface area contributed by atoms with Gasteiger partial charge in [0.15, 0.2) is 0 Å². The molecule has 23 heavy (non-hydrogen) atoms. The Hall–Kier alpha value is -1.06. The molecule has 2 aliphatic carbocycles. The lowest BCUT2D eigenvalue weighted by Crippen LogP contribution is -2.62. The number of hydrogen-bond acceptors (Lipinski definition) is 3. The van der Waals surface area contributed by atoms with Gasteiger partial charge in [-0.05, 0) is 55.2 Å². The van der Waals surface area contributed by atoms with Gasteiger partial charge in [0.05, 0.1) is 24.2 Å². The topological polar surface area (TPSA) is 53.6 Å². The van der Waals surface area contributed by atoms with Crippen molar-refractivity contribution in [2.24, 2.45) is 16.7 Å². The second-order valence-electron chi connectivity index (χ2n) is 8.57. The molecule has 0 amide bonds. The second kappa shape index (κ2) is 5.49. The van der Waals surface area contributed by atoms with Crippen molar-refractivity contribution in [2.75, 3.05) is 0 Å². The highest BCUT2D eigenvalue weighted by atomic mass is 16.3. The van der Waals surface area contributed by atoms with E-state index in [1.54, 1.807) is 12.5 Å². The van der Waals surface area contributed by atoms with Gasteiger partial charge in [0.2, 0.25) is 0 Å². The molecular weight excluding hydrogens is 288 g/mol. The summed E-state index contributed by atoms with van der Waals surface area (Å²) in [5, 5.41) is 22.5. The van der Waals surface area contributed by atoms with Crippen molar-refractivity contribution in [3.8, 4) is 0 Å². The van der Waals surface area contributed by atoms with E-state index in [1.165, 1.54) is 0 Å². The number of furan rings is 1. The summed E-state index contributed by atoms with van der Waals surface area (Å²) in [4.78, 5) is 0. The van der Waals surface area contributed by atoms with Crippen LogP contribution in [0.2, 0.25) is 0 Å². The Bertz CT molecular complexity index is 586. The highest BCUT2D eigenvalue weighted by molar-refractivity contribution is 5.30. The van der Waals surface area contributed by atoms with Crippen molar-refractivity contribution in [3.05, 3.63) is 35.8 Å². The summed E-state index contributed by atoms with van der Waals surface area (Å²) in [5.74, 6) is 0.0850. The molecule has 1 saturated carbocycles. The molecule has 0 bridgehead atoms. The predicted octanol–water partition coefficient (Wildman–Crippen LogP) is 4.10. The normalized spacial score (nSPS) is 39.7. The Morgan fingerprint density at radius 3 is 2.65 bits per heavy atom. The standard InChI is InChI=1S/C20H30O3/c1-14-12-16(21)17-18(2,3)8-5-9-19(17,4)20(14,22)10-6-15-7-11-23-13-15/h7,11-13,16-17,21-22H,5-6,8-10H2,1-4H3/t16-,17+,19+,20-/m1/s1. The van der Waals surface area contributed by atoms with E-state index in [0.29, 0.717) is 6.42 Å². The maximum atomic E-state index is 11.7. The molecule has 2 aliphatic rings. The molecule has 3 heteroatoms. The van der Waals surface area contributed by atoms with Gasteiger partial charge in [-0.3, -0.25) is 0 Å². The molecule has 1 heterocycles. The maximum absolute atomic E-state index is 11.7. The van der Waals surface area contributed by atoms with Gasteiger partial charge in [0, 0.05) is 11.3 Å². The third-order valence-corrected chi connectivity index (χ3v) is 6.76. The Morgan fingerprint density at radius 2 is 2.00 bits per heavy atom. The van der Waals surface area contributed by atoms with E-state index in [-0.39, 0.29) is 16.7 Å². The first-order chi connectivity index (χ1) is 10.7. The molecule has 0 spiro atoms. The van der Waals surface area contributed by atoms with Gasteiger partial charge < -0.3 is 14.6 Å². The van der Waals surface area contributed by atoms with Crippen LogP contribution in [0.3, 0.4) is 0 Å². The van der Waals surface area contributed by atoms with E-state index in [2.05, 4.69) is 20.8 Å². The van der Waals surface area contributed by atoms with E-state index in [4.69, 9.17) is 4.42 Å². The minimum Gasteiger partial charge on any atom is -0.472 e. The Balaban J connectivity index is 1.98. The first-order valence-electron chi connectivity index (χ1n) is 8.81. The average molecular weight is 318 g/mol. The molecular formula is C20H30O3. The van der Waals surface area contributed by atoms with Crippen LogP contribution < -0.4 is 0 Å². The lowest BCUT2D eigenvalue weighted by atomic mass is 9.45. The summed E-state index contributed by atoms with van der Waals surface area (Å²) < 4.78 is 5.16. The highest BCUT2D eigenvalue weighted by Gasteiger charge is 2.61. The minimum atomic E-state index is -0.869. The SMILES string of the molecule is CC1=C[C@@H](O)[C@H]2C(C)(C)CCC[C@]2(C)[C@@]1(O)CCc1ccoc1. The zero-order valence-corrected chi connectivity index (χ0v) is 14.8. The van der Waals surface area contributed by atoms with E-state index in [1.807, 2.05) is 19.1 Å². The molecule has 0 radical (unpaired) electrons. The first-order valence-corrected chi connectivity index (χ1v) is 8.81. The highest BCUT2D eigenvalue weighted by Crippen LogP contribution is 2.62. The predicted molar refractivity (Wildman–Crippen MR) is 91.0 cm³/mol. The number of aliphatic hydroxyl groups excluding tert-OH is 1. The first kappa shape index (κ1) is 16.8. The van der Waals surface area contributed by atoms with Crippen LogP contribution in [0.25, 0.3) is 0 Å². The van der Waals surface area contributed by atoms with Crippen molar-refractivity contribution in [1.82, 2.24) is 0 Å². The third kappa shape index (κ3) is 2.49. The van der Waals surface area contributed by atoms with E-state index in [9.17, 15) is 10.2 Å². The summed E-state index contributed by atoms with van der Waals surface area (Å²) in [6.07, 6.45) is 9.50. The zero-order valence-electron chi connectivity index (χ0n) is 14.8. The van der Waals surface area contributed by atoms with Gasteiger partial charge in [-0.15, -0.1) is 0 Å². The monoisotopic (exact) mass is 318 g/mol. The zero-order chi connectivity index (χ0) is 16.9. The third-order valence-electron chi connectivity index (χ3n) is 6.76. The summed E-state index contributed by atoms with van der Waals surface area (Å²) >= 11 is 0. The number of aliphatic hydroxyl groups is 2. The van der Waals surface area contributed by atoms with Gasteiger partial charge in [-0.2, -0.15) is 0 Å². The van der Waals surface area contributed by atoms with Crippen LogP contribution in [-0.4, -0.2) is 21.9 Å². The Labute approximate surface area is 139 Å². The van der Waals surface area contributed by atoms with Gasteiger partial charge in [0.1, 0.15) is 0 Å². The minimum absolute atomic E-state index is 0.0350. The lowest BCUT2D eigenvalue weighted by Gasteiger charge is -2.61. The van der Waals surface area contributed by atoms with Crippen molar-refractivity contribution in [1.29, 1.82) is 0 Å². The number of rotatable bonds is 3. The van der Waals surface area contributed by atoms with Crippen LogP contribution >= 0.6 is 0 Å². The summed E-state index contributed by atoms with van der Waals surface area (Å²) in [5.41, 5.74) is 0.910. The van der Waals surface area contributed by atoms with Crippen LogP contribution in [0.5, 0.6) is 0 Å². The number of hydrogen-bond donors (Lipinski definition) is 2. The van der Waals surface area contributed by atoms with Gasteiger partial charge >= 0.3 is 0 Å². The van der Waals surface area contributed by atoms with Crippen LogP contribution in [0.4, 0.5) is 0 Å². The fourth-order valence-corrected chi connectivity index (χ4v) is 5.57. The second-order valence-corrected chi connectivity index (χ2v) is 8.57. The van der Waals surface area contributed by atoms with Crippen molar-refractivity contribution >= 4 is 0 Å². The van der Waals surface area contributed by atoms with Crippen molar-refractivity contribution < 1.29 is 14.6 Å². The quantitative estimate of drug-likeness (QED) is 0.825. The summed E-state index contributed by atoms with van der Waals surface area (Å²) in [6, 6.07) is 1.96. The molecule has 2 N–H and O–H groups in total. The molecule has 0 aromatic carbocycles. The molecule has 0 unspecified atom stereocenters. The molecule has 1 aromatic heterocycles. The molecule has 1 fully saturated rings. The smallest absolute Gasteiger partial charge is 0.0934 e. The Morgan fingerprint density at radius 1 is 1.26 bits per heavy atom. The molecule has 4 atom stereocenters. The van der Waals surface area contributed by atoms with Gasteiger partial charge in [0.25, 0.3) is 0 Å². The number of aryl methyl sites for hydroxylation is 1. The van der Waals surface area contributed by atoms with Crippen LogP contribution in [0.1, 0.15) is 58.9 Å². The number of fused-ring (bicyclic) bond motifs is 1. The fourth-order valence-electron chi connectivity index (χ4n) is 5.57. The molecule has 0 saturated heterocycles. The van der Waals surface area contributed by atoms with E-state index < -0.39 is 11.7 Å². The van der Waals surface area contributed by atoms with Gasteiger partial charge in [-0.1, -0.05) is 33.3 Å². The van der Waals surface area contributed by atoms with Crippen LogP contribution in [0, 0.1) is 16.7 Å². The van der Waals surface area contributed by atoms with Crippen molar-refractivity contribution in [3.63, 3.8) is 0 Å². The lowest BCUT2D eigenvalue weighted by molar-refractivity contribution is -0.174. The summed E-state index contributed by atoms with van der Waals surface area (Å²) in [6.45, 7) is 8.64. The summed E-state index contributed by atoms with van der Waals surface area (Å²) in [7, 11) is 0. The molecule has 0 aliphatic heterocycles.